The number of aliphatic hydroxyl groups excluding tert-OH is 1. The molecule has 0 bridgehead atoms. The van der Waals surface area contributed by atoms with E-state index < -0.39 is 28.6 Å². The summed E-state index contributed by atoms with van der Waals surface area (Å²) in [5.74, 6) is -3.88. The van der Waals surface area contributed by atoms with E-state index in [1.54, 1.807) is 0 Å². The normalized spacial score (nSPS) is 12.9. The maximum absolute atomic E-state index is 13.3. The van der Waals surface area contributed by atoms with Crippen LogP contribution in [-0.4, -0.2) is 18.7 Å². The molecule has 1 aromatic rings. The van der Waals surface area contributed by atoms with Gasteiger partial charge in [0.2, 0.25) is 0 Å². The van der Waals surface area contributed by atoms with Gasteiger partial charge in [-0.3, -0.25) is 0 Å². The lowest BCUT2D eigenvalue weighted by Gasteiger charge is -2.12. The van der Waals surface area contributed by atoms with Gasteiger partial charge in [0.1, 0.15) is 5.02 Å². The summed E-state index contributed by atoms with van der Waals surface area (Å²) in [6.07, 6.45) is -1.28. The van der Waals surface area contributed by atoms with E-state index in [0.717, 1.165) is 0 Å². The van der Waals surface area contributed by atoms with Crippen LogP contribution in [0.15, 0.2) is 6.07 Å². The average Bonchev–Trinajstić information content (AvgIpc) is 2.20. The van der Waals surface area contributed by atoms with Gasteiger partial charge < -0.3 is 10.4 Å². The van der Waals surface area contributed by atoms with Crippen molar-refractivity contribution in [2.45, 2.75) is 6.10 Å². The molecule has 0 radical (unpaired) electrons. The lowest BCUT2D eigenvalue weighted by Crippen LogP contribution is -2.18. The molecule has 1 atom stereocenters. The van der Waals surface area contributed by atoms with Crippen molar-refractivity contribution in [2.24, 2.45) is 0 Å². The molecule has 0 amide bonds. The molecule has 0 aliphatic rings. The van der Waals surface area contributed by atoms with Crippen molar-refractivity contribution in [1.82, 2.24) is 5.32 Å². The predicted octanol–water partition coefficient (Wildman–Crippen LogP) is 2.01. The molecule has 84 valence electrons. The maximum Gasteiger partial charge on any atom is 0.180 e. The van der Waals surface area contributed by atoms with E-state index >= 15 is 0 Å². The summed E-state index contributed by atoms with van der Waals surface area (Å²) in [6.45, 7) is 0.0122. The fraction of sp³-hybridized carbons (Fsp3) is 0.333. The van der Waals surface area contributed by atoms with E-state index in [4.69, 9.17) is 11.6 Å². The van der Waals surface area contributed by atoms with Gasteiger partial charge in [0.05, 0.1) is 6.10 Å². The van der Waals surface area contributed by atoms with Crippen LogP contribution in [0.4, 0.5) is 13.2 Å². The minimum atomic E-state index is -1.45. The Morgan fingerprint density at radius 2 is 2.00 bits per heavy atom. The van der Waals surface area contributed by atoms with Gasteiger partial charge in [-0.05, 0) is 13.1 Å². The van der Waals surface area contributed by atoms with Crippen molar-refractivity contribution in [3.8, 4) is 0 Å². The molecule has 2 N–H and O–H groups in total. The molecule has 1 aromatic carbocycles. The first-order valence-electron chi connectivity index (χ1n) is 4.14. The van der Waals surface area contributed by atoms with Crippen molar-refractivity contribution in [1.29, 1.82) is 0 Å². The molecule has 0 fully saturated rings. The van der Waals surface area contributed by atoms with Crippen LogP contribution in [0.5, 0.6) is 0 Å². The summed E-state index contributed by atoms with van der Waals surface area (Å²) in [4.78, 5) is 0. The third-order valence-corrected chi connectivity index (χ3v) is 2.22. The Balaban J connectivity index is 3.19. The third-order valence-electron chi connectivity index (χ3n) is 1.89. The third kappa shape index (κ3) is 2.42. The monoisotopic (exact) mass is 239 g/mol. The van der Waals surface area contributed by atoms with E-state index in [2.05, 4.69) is 5.32 Å². The number of nitrogens with one attached hydrogen (secondary N) is 1. The lowest BCUT2D eigenvalue weighted by molar-refractivity contribution is 0.172. The molecule has 15 heavy (non-hydrogen) atoms. The number of benzene rings is 1. The Hall–Kier alpha value is -0.780. The molecule has 2 nitrogen and oxygen atoms in total. The van der Waals surface area contributed by atoms with Crippen molar-refractivity contribution in [3.05, 3.63) is 34.1 Å². The first kappa shape index (κ1) is 12.3. The smallest absolute Gasteiger partial charge is 0.180 e. The molecular weight excluding hydrogens is 231 g/mol. The molecule has 0 heterocycles. The van der Waals surface area contributed by atoms with Gasteiger partial charge in [-0.25, -0.2) is 13.2 Å². The first-order chi connectivity index (χ1) is 6.99. The summed E-state index contributed by atoms with van der Waals surface area (Å²) in [6, 6.07) is 0.596. The van der Waals surface area contributed by atoms with Crippen molar-refractivity contribution < 1.29 is 18.3 Å². The number of hydrogen-bond donors (Lipinski definition) is 2. The second kappa shape index (κ2) is 4.83. The van der Waals surface area contributed by atoms with Crippen LogP contribution in [0.3, 0.4) is 0 Å². The number of rotatable bonds is 3. The zero-order valence-corrected chi connectivity index (χ0v) is 8.58. The zero-order chi connectivity index (χ0) is 11.6. The van der Waals surface area contributed by atoms with E-state index in [1.165, 1.54) is 7.05 Å². The molecule has 0 saturated heterocycles. The molecule has 0 spiro atoms. The summed E-state index contributed by atoms with van der Waals surface area (Å²) >= 11 is 5.21. The Morgan fingerprint density at radius 3 is 2.53 bits per heavy atom. The van der Waals surface area contributed by atoms with Gasteiger partial charge in [0, 0.05) is 12.1 Å². The van der Waals surface area contributed by atoms with Gasteiger partial charge in [-0.1, -0.05) is 11.6 Å². The average molecular weight is 240 g/mol. The van der Waals surface area contributed by atoms with Gasteiger partial charge in [0.25, 0.3) is 0 Å². The van der Waals surface area contributed by atoms with Crippen LogP contribution in [0, 0.1) is 17.5 Å². The van der Waals surface area contributed by atoms with E-state index in [-0.39, 0.29) is 12.1 Å². The van der Waals surface area contributed by atoms with E-state index in [0.29, 0.717) is 6.07 Å². The molecule has 1 rings (SSSR count). The van der Waals surface area contributed by atoms with Crippen LogP contribution in [-0.2, 0) is 0 Å². The lowest BCUT2D eigenvalue weighted by atomic mass is 10.1. The van der Waals surface area contributed by atoms with Crippen LogP contribution >= 0.6 is 11.6 Å². The van der Waals surface area contributed by atoms with Crippen LogP contribution < -0.4 is 5.32 Å². The minimum Gasteiger partial charge on any atom is -0.387 e. The van der Waals surface area contributed by atoms with Crippen LogP contribution in [0.1, 0.15) is 11.7 Å². The molecular formula is C9H9ClF3NO. The summed E-state index contributed by atoms with van der Waals surface area (Å²) < 4.78 is 38.9. The zero-order valence-electron chi connectivity index (χ0n) is 7.82. The summed E-state index contributed by atoms with van der Waals surface area (Å²) in [7, 11) is 1.53. The number of hydrogen-bond acceptors (Lipinski definition) is 2. The van der Waals surface area contributed by atoms with Gasteiger partial charge in [-0.2, -0.15) is 0 Å². The van der Waals surface area contributed by atoms with Gasteiger partial charge in [-0.15, -0.1) is 0 Å². The highest BCUT2D eigenvalue weighted by Crippen LogP contribution is 2.28. The van der Waals surface area contributed by atoms with Crippen molar-refractivity contribution >= 4 is 11.6 Å². The number of halogens is 4. The Kier molecular flexibility index (Phi) is 3.96. The number of likely N-dealkylation sites (N-methyl/N-ethyl adjacent to an activating group) is 1. The van der Waals surface area contributed by atoms with Gasteiger partial charge in [0.15, 0.2) is 17.5 Å². The van der Waals surface area contributed by atoms with Crippen LogP contribution in [0.25, 0.3) is 0 Å². The fourth-order valence-corrected chi connectivity index (χ4v) is 1.34. The highest BCUT2D eigenvalue weighted by atomic mass is 35.5. The second-order valence-corrected chi connectivity index (χ2v) is 3.34. The topological polar surface area (TPSA) is 32.3 Å². The summed E-state index contributed by atoms with van der Waals surface area (Å²) in [5, 5.41) is 11.0. The maximum atomic E-state index is 13.3. The number of aliphatic hydroxyl groups is 1. The van der Waals surface area contributed by atoms with Crippen molar-refractivity contribution in [2.75, 3.05) is 13.6 Å². The standard InChI is InChI=1S/C9H9ClF3NO/c1-14-3-6(15)4-2-5(11)9(13)7(10)8(4)12/h2,6,14-15H,3H2,1H3. The molecule has 0 aliphatic heterocycles. The Bertz CT molecular complexity index is 373. The molecule has 0 aromatic heterocycles. The molecule has 0 saturated carbocycles. The SMILES string of the molecule is CNCC(O)c1cc(F)c(F)c(Cl)c1F. The predicted molar refractivity (Wildman–Crippen MR) is 50.2 cm³/mol. The molecule has 0 aliphatic carbocycles. The van der Waals surface area contributed by atoms with Crippen molar-refractivity contribution in [3.63, 3.8) is 0 Å². The quantitative estimate of drug-likeness (QED) is 0.625. The Morgan fingerprint density at radius 1 is 1.40 bits per heavy atom. The van der Waals surface area contributed by atoms with E-state index in [1.807, 2.05) is 0 Å². The Labute approximate surface area is 89.7 Å². The minimum absolute atomic E-state index is 0.0122. The van der Waals surface area contributed by atoms with Crippen LogP contribution in [0.2, 0.25) is 5.02 Å². The van der Waals surface area contributed by atoms with Gasteiger partial charge >= 0.3 is 0 Å². The highest BCUT2D eigenvalue weighted by molar-refractivity contribution is 6.31. The van der Waals surface area contributed by atoms with E-state index in [9.17, 15) is 18.3 Å². The first-order valence-corrected chi connectivity index (χ1v) is 4.52. The summed E-state index contributed by atoms with van der Waals surface area (Å²) in [5.41, 5.74) is -0.367. The second-order valence-electron chi connectivity index (χ2n) is 2.96. The molecule has 1 unspecified atom stereocenters. The largest absolute Gasteiger partial charge is 0.387 e. The fourth-order valence-electron chi connectivity index (χ4n) is 1.14. The highest BCUT2D eigenvalue weighted by Gasteiger charge is 2.21. The molecule has 6 heteroatoms.